The van der Waals surface area contributed by atoms with Crippen LogP contribution < -0.4 is 4.74 Å². The van der Waals surface area contributed by atoms with Crippen LogP contribution in [0.25, 0.3) is 0 Å². The molecule has 0 amide bonds. The minimum absolute atomic E-state index is 0.375. The van der Waals surface area contributed by atoms with E-state index in [0.29, 0.717) is 6.04 Å². The summed E-state index contributed by atoms with van der Waals surface area (Å²) in [6.45, 7) is 4.45. The number of rotatable bonds is 5. The molecule has 1 aromatic carbocycles. The molecule has 0 radical (unpaired) electrons. The molecule has 2 rings (SSSR count). The lowest BCUT2D eigenvalue weighted by molar-refractivity contribution is 0.109. The van der Waals surface area contributed by atoms with Gasteiger partial charge in [-0.3, -0.25) is 0 Å². The zero-order chi connectivity index (χ0) is 13.7. The third kappa shape index (κ3) is 3.95. The highest BCUT2D eigenvalue weighted by atomic mass is 16.5. The molecule has 0 bridgehead atoms. The Bertz CT molecular complexity index is 377. The van der Waals surface area contributed by atoms with Crippen LogP contribution in [0.15, 0.2) is 24.3 Å². The van der Waals surface area contributed by atoms with Crippen molar-refractivity contribution in [3.05, 3.63) is 29.8 Å². The molecule has 0 aromatic heterocycles. The van der Waals surface area contributed by atoms with Crippen LogP contribution >= 0.6 is 0 Å². The third-order valence-electron chi connectivity index (χ3n) is 4.13. The fourth-order valence-corrected chi connectivity index (χ4v) is 2.77. The summed E-state index contributed by atoms with van der Waals surface area (Å²) in [5.41, 5.74) is 0.977. The smallest absolute Gasteiger partial charge is 0.118 e. The van der Waals surface area contributed by atoms with E-state index in [9.17, 15) is 5.11 Å². The zero-order valence-corrected chi connectivity index (χ0v) is 12.0. The van der Waals surface area contributed by atoms with Gasteiger partial charge in [-0.2, -0.15) is 0 Å². The Kier molecular flexibility index (Phi) is 5.23. The number of nitrogens with zero attached hydrogens (tertiary/aromatic N) is 1. The number of ether oxygens (including phenoxy) is 1. The number of aliphatic hydroxyl groups is 1. The maximum absolute atomic E-state index is 10.2. The zero-order valence-electron chi connectivity index (χ0n) is 12.0. The van der Waals surface area contributed by atoms with Crippen LogP contribution in [-0.2, 0) is 0 Å². The Morgan fingerprint density at radius 3 is 2.68 bits per heavy atom. The Morgan fingerprint density at radius 2 is 2.05 bits per heavy atom. The minimum Gasteiger partial charge on any atom is -0.497 e. The van der Waals surface area contributed by atoms with Gasteiger partial charge >= 0.3 is 0 Å². The summed E-state index contributed by atoms with van der Waals surface area (Å²) in [6.07, 6.45) is 4.36. The lowest BCUT2D eigenvalue weighted by Crippen LogP contribution is -2.38. The number of methoxy groups -OCH3 is 1. The Morgan fingerprint density at radius 1 is 1.32 bits per heavy atom. The van der Waals surface area contributed by atoms with E-state index < -0.39 is 0 Å². The predicted molar refractivity (Wildman–Crippen MR) is 77.5 cm³/mol. The number of hydrogen-bond donors (Lipinski definition) is 1. The van der Waals surface area contributed by atoms with Gasteiger partial charge < -0.3 is 14.7 Å². The van der Waals surface area contributed by atoms with E-state index in [0.717, 1.165) is 24.3 Å². The van der Waals surface area contributed by atoms with Gasteiger partial charge in [-0.25, -0.2) is 0 Å². The van der Waals surface area contributed by atoms with Crippen LogP contribution in [-0.4, -0.2) is 36.2 Å². The molecule has 1 N–H and O–H groups in total. The van der Waals surface area contributed by atoms with Crippen molar-refractivity contribution in [2.75, 3.05) is 20.2 Å². The van der Waals surface area contributed by atoms with Crippen molar-refractivity contribution in [2.45, 2.75) is 44.8 Å². The maximum atomic E-state index is 10.2. The Balaban J connectivity index is 1.84. The van der Waals surface area contributed by atoms with Gasteiger partial charge in [-0.15, -0.1) is 0 Å². The first-order chi connectivity index (χ1) is 9.20. The quantitative estimate of drug-likeness (QED) is 0.886. The highest BCUT2D eigenvalue weighted by molar-refractivity contribution is 5.28. The van der Waals surface area contributed by atoms with Crippen molar-refractivity contribution in [2.24, 2.45) is 0 Å². The monoisotopic (exact) mass is 263 g/mol. The standard InChI is InChI=1S/C16H25NO2/c1-13-5-3-4-11-17(13)12-10-16(18)14-6-8-15(19-2)9-7-14/h6-9,13,16,18H,3-5,10-12H2,1-2H3. The fraction of sp³-hybridized carbons (Fsp3) is 0.625. The number of hydrogen-bond acceptors (Lipinski definition) is 3. The lowest BCUT2D eigenvalue weighted by Gasteiger charge is -2.33. The molecule has 1 aromatic rings. The third-order valence-corrected chi connectivity index (χ3v) is 4.13. The fourth-order valence-electron chi connectivity index (χ4n) is 2.77. The summed E-state index contributed by atoms with van der Waals surface area (Å²) in [6, 6.07) is 8.37. The lowest BCUT2D eigenvalue weighted by atomic mass is 10.0. The van der Waals surface area contributed by atoms with E-state index in [1.807, 2.05) is 24.3 Å². The molecular formula is C16H25NO2. The van der Waals surface area contributed by atoms with E-state index in [4.69, 9.17) is 4.74 Å². The topological polar surface area (TPSA) is 32.7 Å². The number of piperidine rings is 1. The molecular weight excluding hydrogens is 238 g/mol. The van der Waals surface area contributed by atoms with Crippen LogP contribution in [0.4, 0.5) is 0 Å². The van der Waals surface area contributed by atoms with Crippen LogP contribution in [0.1, 0.15) is 44.3 Å². The summed E-state index contributed by atoms with van der Waals surface area (Å²) in [4.78, 5) is 2.50. The van der Waals surface area contributed by atoms with Crippen LogP contribution in [0.5, 0.6) is 5.75 Å². The maximum Gasteiger partial charge on any atom is 0.118 e. The molecule has 2 unspecified atom stereocenters. The average Bonchev–Trinajstić information content (AvgIpc) is 2.46. The van der Waals surface area contributed by atoms with Crippen LogP contribution in [0.2, 0.25) is 0 Å². The van der Waals surface area contributed by atoms with E-state index in [-0.39, 0.29) is 6.10 Å². The predicted octanol–water partition coefficient (Wildman–Crippen LogP) is 2.99. The van der Waals surface area contributed by atoms with Gasteiger partial charge in [0, 0.05) is 12.6 Å². The van der Waals surface area contributed by atoms with Crippen molar-refractivity contribution in [3.8, 4) is 5.75 Å². The van der Waals surface area contributed by atoms with Gasteiger partial charge in [0.15, 0.2) is 0 Å². The second-order valence-electron chi connectivity index (χ2n) is 5.46. The van der Waals surface area contributed by atoms with Crippen molar-refractivity contribution in [1.29, 1.82) is 0 Å². The first kappa shape index (κ1) is 14.4. The number of aliphatic hydroxyl groups excluding tert-OH is 1. The average molecular weight is 263 g/mol. The van der Waals surface area contributed by atoms with Gasteiger partial charge in [0.2, 0.25) is 0 Å². The summed E-state index contributed by atoms with van der Waals surface area (Å²) < 4.78 is 5.13. The van der Waals surface area contributed by atoms with Crippen molar-refractivity contribution >= 4 is 0 Å². The van der Waals surface area contributed by atoms with Crippen molar-refractivity contribution in [1.82, 2.24) is 4.90 Å². The SMILES string of the molecule is COc1ccc(C(O)CCN2CCCCC2C)cc1. The molecule has 106 valence electrons. The summed E-state index contributed by atoms with van der Waals surface area (Å²) >= 11 is 0. The summed E-state index contributed by atoms with van der Waals surface area (Å²) in [5.74, 6) is 0.834. The summed E-state index contributed by atoms with van der Waals surface area (Å²) in [5, 5.41) is 10.2. The second kappa shape index (κ2) is 6.92. The van der Waals surface area contributed by atoms with E-state index in [2.05, 4.69) is 11.8 Å². The van der Waals surface area contributed by atoms with Crippen LogP contribution in [0.3, 0.4) is 0 Å². The Hall–Kier alpha value is -1.06. The van der Waals surface area contributed by atoms with Crippen LogP contribution in [0, 0.1) is 0 Å². The molecule has 3 nitrogen and oxygen atoms in total. The molecule has 0 spiro atoms. The highest BCUT2D eigenvalue weighted by Gasteiger charge is 2.19. The van der Waals surface area contributed by atoms with E-state index in [1.165, 1.54) is 25.8 Å². The first-order valence-electron chi connectivity index (χ1n) is 7.27. The van der Waals surface area contributed by atoms with Gasteiger partial charge in [-0.05, 0) is 50.4 Å². The summed E-state index contributed by atoms with van der Waals surface area (Å²) in [7, 11) is 1.66. The van der Waals surface area contributed by atoms with Gasteiger partial charge in [0.05, 0.1) is 13.2 Å². The Labute approximate surface area is 116 Å². The molecule has 0 aliphatic carbocycles. The molecule has 19 heavy (non-hydrogen) atoms. The van der Waals surface area contributed by atoms with Gasteiger partial charge in [0.1, 0.15) is 5.75 Å². The van der Waals surface area contributed by atoms with Crippen molar-refractivity contribution in [3.63, 3.8) is 0 Å². The molecule has 1 saturated heterocycles. The van der Waals surface area contributed by atoms with E-state index in [1.54, 1.807) is 7.11 Å². The molecule has 1 aliphatic rings. The van der Waals surface area contributed by atoms with Gasteiger partial charge in [-0.1, -0.05) is 18.6 Å². The second-order valence-corrected chi connectivity index (χ2v) is 5.46. The normalized spacial score (nSPS) is 22.2. The molecule has 0 saturated carbocycles. The molecule has 3 heteroatoms. The largest absolute Gasteiger partial charge is 0.497 e. The van der Waals surface area contributed by atoms with Gasteiger partial charge in [0.25, 0.3) is 0 Å². The molecule has 1 aliphatic heterocycles. The highest BCUT2D eigenvalue weighted by Crippen LogP contribution is 2.22. The minimum atomic E-state index is -0.375. The number of likely N-dealkylation sites (tertiary alicyclic amines) is 1. The molecule has 2 atom stereocenters. The van der Waals surface area contributed by atoms with Crippen molar-refractivity contribution < 1.29 is 9.84 Å². The molecule has 1 fully saturated rings. The first-order valence-corrected chi connectivity index (χ1v) is 7.27. The number of benzene rings is 1. The van der Waals surface area contributed by atoms with E-state index >= 15 is 0 Å². The molecule has 1 heterocycles.